The lowest BCUT2D eigenvalue weighted by molar-refractivity contribution is -0.123. The molecular weight excluding hydrogens is 456 g/mol. The van der Waals surface area contributed by atoms with Gasteiger partial charge in [-0.15, -0.1) is 0 Å². The smallest absolute Gasteiger partial charge is 0.277 e. The van der Waals surface area contributed by atoms with Crippen LogP contribution >= 0.6 is 31.9 Å². The maximum absolute atomic E-state index is 11.9. The molecule has 0 fully saturated rings. The van der Waals surface area contributed by atoms with Crippen molar-refractivity contribution in [3.8, 4) is 17.2 Å². The van der Waals surface area contributed by atoms with Gasteiger partial charge in [0.1, 0.15) is 5.75 Å². The number of para-hydroxylation sites is 2. The van der Waals surface area contributed by atoms with E-state index in [1.165, 1.54) is 13.3 Å². The average molecular weight is 472 g/mol. The van der Waals surface area contributed by atoms with Crippen molar-refractivity contribution >= 4 is 44.0 Å². The van der Waals surface area contributed by atoms with E-state index in [9.17, 15) is 4.79 Å². The number of benzene rings is 2. The summed E-state index contributed by atoms with van der Waals surface area (Å²) in [6, 6.07) is 10.8. The zero-order valence-electron chi connectivity index (χ0n) is 13.6. The Kier molecular flexibility index (Phi) is 7.27. The molecule has 2 rings (SSSR count). The SMILES string of the molecule is COc1ccccc1OCC(=O)NN=Cc1cc(Br)cc(Br)c1OC. The molecule has 0 aliphatic carbocycles. The van der Waals surface area contributed by atoms with Gasteiger partial charge in [0.15, 0.2) is 18.1 Å². The summed E-state index contributed by atoms with van der Waals surface area (Å²) in [5, 5.41) is 3.93. The largest absolute Gasteiger partial charge is 0.495 e. The van der Waals surface area contributed by atoms with Crippen LogP contribution in [0, 0.1) is 0 Å². The lowest BCUT2D eigenvalue weighted by Gasteiger charge is -2.09. The molecular formula is C17H16Br2N2O4. The highest BCUT2D eigenvalue weighted by molar-refractivity contribution is 9.11. The Hall–Kier alpha value is -2.06. The fourth-order valence-corrected chi connectivity index (χ4v) is 3.40. The van der Waals surface area contributed by atoms with E-state index in [1.807, 2.05) is 18.2 Å². The summed E-state index contributed by atoms with van der Waals surface area (Å²) >= 11 is 6.80. The van der Waals surface area contributed by atoms with Crippen LogP contribution in [0.25, 0.3) is 0 Å². The van der Waals surface area contributed by atoms with E-state index in [4.69, 9.17) is 14.2 Å². The van der Waals surface area contributed by atoms with Crippen molar-refractivity contribution in [3.63, 3.8) is 0 Å². The van der Waals surface area contributed by atoms with E-state index in [-0.39, 0.29) is 6.61 Å². The van der Waals surface area contributed by atoms with Gasteiger partial charge in [0.25, 0.3) is 5.91 Å². The highest BCUT2D eigenvalue weighted by Crippen LogP contribution is 2.31. The number of nitrogens with one attached hydrogen (secondary N) is 1. The van der Waals surface area contributed by atoms with Crippen LogP contribution in [0.5, 0.6) is 17.2 Å². The fraction of sp³-hybridized carbons (Fsp3) is 0.176. The van der Waals surface area contributed by atoms with Crippen LogP contribution in [-0.4, -0.2) is 32.9 Å². The minimum atomic E-state index is -0.393. The van der Waals surface area contributed by atoms with E-state index in [0.29, 0.717) is 22.8 Å². The first kappa shape index (κ1) is 19.3. The molecule has 132 valence electrons. The number of halogens is 2. The molecule has 0 bridgehead atoms. The first-order valence-electron chi connectivity index (χ1n) is 7.16. The number of hydrogen-bond donors (Lipinski definition) is 1. The van der Waals surface area contributed by atoms with Gasteiger partial charge in [-0.2, -0.15) is 5.10 Å². The number of amides is 1. The van der Waals surface area contributed by atoms with Gasteiger partial charge in [-0.3, -0.25) is 4.79 Å². The summed E-state index contributed by atoms with van der Waals surface area (Å²) < 4.78 is 17.5. The predicted molar refractivity (Wildman–Crippen MR) is 103 cm³/mol. The van der Waals surface area contributed by atoms with E-state index >= 15 is 0 Å². The van der Waals surface area contributed by atoms with Crippen LogP contribution in [0.1, 0.15) is 5.56 Å². The summed E-state index contributed by atoms with van der Waals surface area (Å²) in [7, 11) is 3.10. The molecule has 2 aromatic carbocycles. The summed E-state index contributed by atoms with van der Waals surface area (Å²) in [6.07, 6.45) is 1.50. The standard InChI is InChI=1S/C17H16Br2N2O4/c1-23-14-5-3-4-6-15(14)25-10-16(22)21-20-9-11-7-12(18)8-13(19)17(11)24-2/h3-9H,10H2,1-2H3,(H,21,22). The van der Waals surface area contributed by atoms with E-state index in [0.717, 1.165) is 8.95 Å². The van der Waals surface area contributed by atoms with Crippen molar-refractivity contribution in [2.24, 2.45) is 5.10 Å². The molecule has 0 aliphatic heterocycles. The molecule has 25 heavy (non-hydrogen) atoms. The number of carbonyl (C=O) groups excluding carboxylic acids is 1. The Labute approximate surface area is 162 Å². The number of rotatable bonds is 7. The maximum Gasteiger partial charge on any atom is 0.277 e. The first-order valence-corrected chi connectivity index (χ1v) is 8.74. The molecule has 0 atom stereocenters. The monoisotopic (exact) mass is 470 g/mol. The first-order chi connectivity index (χ1) is 12.0. The number of methoxy groups -OCH3 is 2. The molecule has 0 aromatic heterocycles. The van der Waals surface area contributed by atoms with Crippen molar-refractivity contribution in [2.75, 3.05) is 20.8 Å². The number of hydrazone groups is 1. The molecule has 2 aromatic rings. The summed E-state index contributed by atoms with van der Waals surface area (Å²) in [5.41, 5.74) is 3.11. The van der Waals surface area contributed by atoms with Gasteiger partial charge in [-0.1, -0.05) is 28.1 Å². The molecule has 1 amide bonds. The Bertz CT molecular complexity index is 781. The molecule has 0 aliphatic rings. The molecule has 0 heterocycles. The Morgan fingerprint density at radius 1 is 1.16 bits per heavy atom. The minimum absolute atomic E-state index is 0.184. The second kappa shape index (κ2) is 9.43. The third-order valence-electron chi connectivity index (χ3n) is 3.06. The van der Waals surface area contributed by atoms with Crippen molar-refractivity contribution in [2.45, 2.75) is 0 Å². The van der Waals surface area contributed by atoms with Gasteiger partial charge < -0.3 is 14.2 Å². The highest BCUT2D eigenvalue weighted by atomic mass is 79.9. The molecule has 6 nitrogen and oxygen atoms in total. The van der Waals surface area contributed by atoms with Crippen LogP contribution < -0.4 is 19.6 Å². The molecule has 0 unspecified atom stereocenters. The van der Waals surface area contributed by atoms with Gasteiger partial charge in [-0.05, 0) is 40.2 Å². The number of hydrogen-bond acceptors (Lipinski definition) is 5. The topological polar surface area (TPSA) is 69.2 Å². The summed E-state index contributed by atoms with van der Waals surface area (Å²) in [6.45, 7) is -0.184. The summed E-state index contributed by atoms with van der Waals surface area (Å²) in [5.74, 6) is 1.27. The van der Waals surface area contributed by atoms with Crippen molar-refractivity contribution in [3.05, 3.63) is 50.9 Å². The minimum Gasteiger partial charge on any atom is -0.495 e. The van der Waals surface area contributed by atoms with Crippen molar-refractivity contribution in [1.29, 1.82) is 0 Å². The van der Waals surface area contributed by atoms with Gasteiger partial charge in [0, 0.05) is 10.0 Å². The average Bonchev–Trinajstić information content (AvgIpc) is 2.60. The zero-order chi connectivity index (χ0) is 18.2. The molecule has 0 saturated heterocycles. The second-order valence-electron chi connectivity index (χ2n) is 4.74. The number of nitrogens with zero attached hydrogens (tertiary/aromatic N) is 1. The Morgan fingerprint density at radius 2 is 1.88 bits per heavy atom. The third-order valence-corrected chi connectivity index (χ3v) is 4.11. The Morgan fingerprint density at radius 3 is 2.56 bits per heavy atom. The van der Waals surface area contributed by atoms with Crippen LogP contribution in [0.4, 0.5) is 0 Å². The van der Waals surface area contributed by atoms with E-state index in [1.54, 1.807) is 25.3 Å². The van der Waals surface area contributed by atoms with E-state index < -0.39 is 5.91 Å². The zero-order valence-corrected chi connectivity index (χ0v) is 16.8. The van der Waals surface area contributed by atoms with Crippen LogP contribution in [0.15, 0.2) is 50.4 Å². The molecule has 0 spiro atoms. The van der Waals surface area contributed by atoms with Crippen molar-refractivity contribution < 1.29 is 19.0 Å². The van der Waals surface area contributed by atoms with Gasteiger partial charge in [0.2, 0.25) is 0 Å². The predicted octanol–water partition coefficient (Wildman–Crippen LogP) is 3.76. The number of ether oxygens (including phenoxy) is 3. The van der Waals surface area contributed by atoms with E-state index in [2.05, 4.69) is 42.4 Å². The molecule has 0 radical (unpaired) electrons. The van der Waals surface area contributed by atoms with Crippen LogP contribution in [-0.2, 0) is 4.79 Å². The molecule has 1 N–H and O–H groups in total. The van der Waals surface area contributed by atoms with Gasteiger partial charge in [0.05, 0.1) is 24.9 Å². The highest BCUT2D eigenvalue weighted by Gasteiger charge is 2.08. The van der Waals surface area contributed by atoms with Gasteiger partial charge >= 0.3 is 0 Å². The van der Waals surface area contributed by atoms with Gasteiger partial charge in [-0.25, -0.2) is 5.43 Å². The Balaban J connectivity index is 1.95. The summed E-state index contributed by atoms with van der Waals surface area (Å²) in [4.78, 5) is 11.9. The van der Waals surface area contributed by atoms with Crippen LogP contribution in [0.3, 0.4) is 0 Å². The molecule has 8 heteroatoms. The second-order valence-corrected chi connectivity index (χ2v) is 6.51. The van der Waals surface area contributed by atoms with Crippen molar-refractivity contribution in [1.82, 2.24) is 5.43 Å². The van der Waals surface area contributed by atoms with Crippen LogP contribution in [0.2, 0.25) is 0 Å². The lowest BCUT2D eigenvalue weighted by atomic mass is 10.2. The number of carbonyl (C=O) groups is 1. The fourth-order valence-electron chi connectivity index (χ4n) is 1.98. The normalized spacial score (nSPS) is 10.6. The maximum atomic E-state index is 11.9. The third kappa shape index (κ3) is 5.47. The lowest BCUT2D eigenvalue weighted by Crippen LogP contribution is -2.24. The quantitative estimate of drug-likeness (QED) is 0.493. The molecule has 0 saturated carbocycles.